The van der Waals surface area contributed by atoms with Gasteiger partial charge in [-0.15, -0.1) is 0 Å². The first kappa shape index (κ1) is 30.7. The normalized spacial score (nSPS) is 11.8. The van der Waals surface area contributed by atoms with Crippen LogP contribution in [0.25, 0.3) is 0 Å². The number of aliphatic hydroxyl groups excluding tert-OH is 2. The average Bonchev–Trinajstić information content (AvgIpc) is 2.93. The number of likely N-dealkylation sites (N-methyl/N-ethyl adjacent to an activating group) is 1. The summed E-state index contributed by atoms with van der Waals surface area (Å²) in [7, 11) is 0. The third kappa shape index (κ3) is 12.5. The number of hydrogen-bond acceptors (Lipinski definition) is 6. The van der Waals surface area contributed by atoms with Crippen LogP contribution >= 0.6 is 0 Å². The predicted octanol–water partition coefficient (Wildman–Crippen LogP) is 6.82. The first-order valence-electron chi connectivity index (χ1n) is 14.1. The molecule has 0 aliphatic carbocycles. The molecule has 2 aromatic rings. The van der Waals surface area contributed by atoms with E-state index in [4.69, 9.17) is 9.47 Å². The van der Waals surface area contributed by atoms with Gasteiger partial charge in [0, 0.05) is 0 Å². The van der Waals surface area contributed by atoms with Gasteiger partial charge in [0.1, 0.15) is 24.6 Å². The van der Waals surface area contributed by atoms with Gasteiger partial charge in [0.2, 0.25) is 0 Å². The predicted molar refractivity (Wildman–Crippen MR) is 150 cm³/mol. The first-order chi connectivity index (χ1) is 18.1. The zero-order valence-electron chi connectivity index (χ0n) is 23.0. The SMILES string of the molecule is CCCCCCCOc1ccc(N=Nc2ccc(OCCCCC[N+](CC)(CCO)CCO)cc2)cc1. The molecule has 0 radical (unpaired) electrons. The zero-order valence-corrected chi connectivity index (χ0v) is 23.0. The standard InChI is InChI=1S/C30H48N3O4/c1-3-5-6-7-10-25-36-29-16-12-27(13-17-29)31-32-28-14-18-30(19-15-28)37-26-11-8-9-20-33(4-2,21-23-34)22-24-35/h12-19,34-35H,3-11,20-26H2,1-2H3/q+1. The molecule has 206 valence electrons. The van der Waals surface area contributed by atoms with E-state index in [1.165, 1.54) is 25.7 Å². The van der Waals surface area contributed by atoms with Gasteiger partial charge in [-0.05, 0) is 81.1 Å². The lowest BCUT2D eigenvalue weighted by molar-refractivity contribution is -0.927. The molecule has 0 atom stereocenters. The Morgan fingerprint density at radius 1 is 0.595 bits per heavy atom. The lowest BCUT2D eigenvalue weighted by Gasteiger charge is -2.37. The molecule has 7 heteroatoms. The summed E-state index contributed by atoms with van der Waals surface area (Å²) in [6, 6.07) is 15.4. The van der Waals surface area contributed by atoms with Gasteiger partial charge in [-0.2, -0.15) is 10.2 Å². The molecule has 0 unspecified atom stereocenters. The van der Waals surface area contributed by atoms with Crippen LogP contribution in [0.1, 0.15) is 65.2 Å². The van der Waals surface area contributed by atoms with Crippen molar-refractivity contribution in [2.45, 2.75) is 65.2 Å². The highest BCUT2D eigenvalue weighted by Crippen LogP contribution is 2.23. The Labute approximate surface area is 223 Å². The van der Waals surface area contributed by atoms with Crippen molar-refractivity contribution >= 4 is 11.4 Å². The molecular weight excluding hydrogens is 466 g/mol. The molecule has 0 amide bonds. The number of ether oxygens (including phenoxy) is 2. The van der Waals surface area contributed by atoms with Gasteiger partial charge >= 0.3 is 0 Å². The largest absolute Gasteiger partial charge is 0.494 e. The molecular formula is C30H48N3O4+. The van der Waals surface area contributed by atoms with Crippen molar-refractivity contribution in [1.82, 2.24) is 0 Å². The Balaban J connectivity index is 1.66. The van der Waals surface area contributed by atoms with E-state index < -0.39 is 0 Å². The van der Waals surface area contributed by atoms with Crippen molar-refractivity contribution in [1.29, 1.82) is 0 Å². The number of unbranched alkanes of at least 4 members (excludes halogenated alkanes) is 6. The Morgan fingerprint density at radius 2 is 1.05 bits per heavy atom. The molecule has 0 aliphatic heterocycles. The Kier molecular flexibility index (Phi) is 15.6. The van der Waals surface area contributed by atoms with E-state index in [1.807, 2.05) is 48.5 Å². The minimum atomic E-state index is 0.160. The molecule has 7 nitrogen and oxygen atoms in total. The number of quaternary nitrogens is 1. The summed E-state index contributed by atoms with van der Waals surface area (Å²) >= 11 is 0. The Hall–Kier alpha value is -2.48. The van der Waals surface area contributed by atoms with Crippen LogP contribution < -0.4 is 9.47 Å². The highest BCUT2D eigenvalue weighted by Gasteiger charge is 2.23. The third-order valence-electron chi connectivity index (χ3n) is 6.84. The van der Waals surface area contributed by atoms with Crippen LogP contribution in [-0.4, -0.2) is 67.3 Å². The quantitative estimate of drug-likeness (QED) is 0.109. The molecule has 0 bridgehead atoms. The topological polar surface area (TPSA) is 83.6 Å². The number of benzene rings is 2. The molecule has 0 spiro atoms. The van der Waals surface area contributed by atoms with Gasteiger partial charge < -0.3 is 24.2 Å². The first-order valence-corrected chi connectivity index (χ1v) is 14.1. The number of hydrogen-bond donors (Lipinski definition) is 2. The van der Waals surface area contributed by atoms with E-state index in [1.54, 1.807) is 0 Å². The average molecular weight is 515 g/mol. The van der Waals surface area contributed by atoms with E-state index in [0.29, 0.717) is 19.7 Å². The summed E-state index contributed by atoms with van der Waals surface area (Å²) in [5.41, 5.74) is 1.57. The molecule has 0 aliphatic rings. The fourth-order valence-electron chi connectivity index (χ4n) is 4.38. The summed E-state index contributed by atoms with van der Waals surface area (Å²) < 4.78 is 12.5. The fraction of sp³-hybridized carbons (Fsp3) is 0.600. The van der Waals surface area contributed by atoms with Crippen LogP contribution in [0.5, 0.6) is 11.5 Å². The summed E-state index contributed by atoms with van der Waals surface area (Å²) in [6.45, 7) is 9.41. The lowest BCUT2D eigenvalue weighted by Crippen LogP contribution is -2.52. The van der Waals surface area contributed by atoms with Crippen molar-refractivity contribution in [2.75, 3.05) is 52.6 Å². The Bertz CT molecular complexity index is 850. The lowest BCUT2D eigenvalue weighted by atomic mass is 10.2. The second-order valence-corrected chi connectivity index (χ2v) is 9.64. The van der Waals surface area contributed by atoms with Crippen molar-refractivity contribution in [3.8, 4) is 11.5 Å². The van der Waals surface area contributed by atoms with E-state index in [-0.39, 0.29) is 13.2 Å². The van der Waals surface area contributed by atoms with Gasteiger partial charge in [-0.25, -0.2) is 0 Å². The summed E-state index contributed by atoms with van der Waals surface area (Å²) in [4.78, 5) is 0. The molecule has 2 aromatic carbocycles. The third-order valence-corrected chi connectivity index (χ3v) is 6.84. The molecule has 2 N–H and O–H groups in total. The van der Waals surface area contributed by atoms with Gasteiger partial charge in [-0.1, -0.05) is 32.6 Å². The van der Waals surface area contributed by atoms with Crippen molar-refractivity contribution in [2.24, 2.45) is 10.2 Å². The van der Waals surface area contributed by atoms with Gasteiger partial charge in [0.05, 0.1) is 50.9 Å². The molecule has 37 heavy (non-hydrogen) atoms. The maximum atomic E-state index is 9.37. The van der Waals surface area contributed by atoms with E-state index in [0.717, 1.165) is 72.7 Å². The van der Waals surface area contributed by atoms with Crippen LogP contribution in [0, 0.1) is 0 Å². The Morgan fingerprint density at radius 3 is 1.49 bits per heavy atom. The minimum absolute atomic E-state index is 0.160. The second kappa shape index (κ2) is 18.7. The molecule has 0 aromatic heterocycles. The second-order valence-electron chi connectivity index (χ2n) is 9.64. The molecule has 0 heterocycles. The fourth-order valence-corrected chi connectivity index (χ4v) is 4.38. The summed E-state index contributed by atoms with van der Waals surface area (Å²) in [5, 5.41) is 27.4. The van der Waals surface area contributed by atoms with Crippen LogP contribution in [0.3, 0.4) is 0 Å². The van der Waals surface area contributed by atoms with Crippen LogP contribution in [-0.2, 0) is 0 Å². The van der Waals surface area contributed by atoms with E-state index in [9.17, 15) is 10.2 Å². The number of aliphatic hydroxyl groups is 2. The number of rotatable bonds is 21. The maximum Gasteiger partial charge on any atom is 0.119 e. The summed E-state index contributed by atoms with van der Waals surface area (Å²) in [6.07, 6.45) is 9.25. The summed E-state index contributed by atoms with van der Waals surface area (Å²) in [5.74, 6) is 1.70. The van der Waals surface area contributed by atoms with Crippen LogP contribution in [0.2, 0.25) is 0 Å². The highest BCUT2D eigenvalue weighted by atomic mass is 16.5. The van der Waals surface area contributed by atoms with Crippen LogP contribution in [0.4, 0.5) is 11.4 Å². The number of azo groups is 1. The molecule has 0 fully saturated rings. The van der Waals surface area contributed by atoms with Gasteiger partial charge in [-0.3, -0.25) is 0 Å². The number of nitrogens with zero attached hydrogens (tertiary/aromatic N) is 3. The smallest absolute Gasteiger partial charge is 0.119 e. The minimum Gasteiger partial charge on any atom is -0.494 e. The van der Waals surface area contributed by atoms with Gasteiger partial charge in [0.15, 0.2) is 0 Å². The monoisotopic (exact) mass is 514 g/mol. The van der Waals surface area contributed by atoms with Crippen molar-refractivity contribution in [3.05, 3.63) is 48.5 Å². The zero-order chi connectivity index (χ0) is 26.6. The van der Waals surface area contributed by atoms with E-state index in [2.05, 4.69) is 24.1 Å². The van der Waals surface area contributed by atoms with Crippen molar-refractivity contribution < 1.29 is 24.2 Å². The molecule has 2 rings (SSSR count). The molecule has 0 saturated carbocycles. The molecule has 0 saturated heterocycles. The maximum absolute atomic E-state index is 9.37. The van der Waals surface area contributed by atoms with Gasteiger partial charge in [0.25, 0.3) is 0 Å². The highest BCUT2D eigenvalue weighted by molar-refractivity contribution is 5.44. The van der Waals surface area contributed by atoms with Crippen molar-refractivity contribution in [3.63, 3.8) is 0 Å². The van der Waals surface area contributed by atoms with E-state index >= 15 is 0 Å². The van der Waals surface area contributed by atoms with Crippen LogP contribution in [0.15, 0.2) is 58.8 Å².